The van der Waals surface area contributed by atoms with Crippen molar-refractivity contribution in [2.24, 2.45) is 0 Å². The van der Waals surface area contributed by atoms with Crippen molar-refractivity contribution in [1.29, 1.82) is 0 Å². The molecule has 0 aromatic heterocycles. The first-order chi connectivity index (χ1) is 7.58. The number of aromatic carboxylic acids is 1. The summed E-state index contributed by atoms with van der Waals surface area (Å²) in [6, 6.07) is 5.85. The summed E-state index contributed by atoms with van der Waals surface area (Å²) in [6.45, 7) is 3.65. The van der Waals surface area contributed by atoms with Crippen LogP contribution >= 0.6 is 0 Å². The second-order valence-corrected chi connectivity index (χ2v) is 3.46. The molecule has 1 aliphatic rings. The van der Waals surface area contributed by atoms with Crippen molar-refractivity contribution < 1.29 is 14.7 Å². The SMILES string of the molecule is C=C1CC(=O)N(c2ccc(C(=O)[O-])cc2)N1. The third kappa shape index (κ3) is 1.75. The Kier molecular flexibility index (Phi) is 2.36. The minimum Gasteiger partial charge on any atom is -0.545 e. The summed E-state index contributed by atoms with van der Waals surface area (Å²) in [5.41, 5.74) is 4.07. The van der Waals surface area contributed by atoms with E-state index in [1.807, 2.05) is 0 Å². The Morgan fingerprint density at radius 2 is 2.00 bits per heavy atom. The predicted molar refractivity (Wildman–Crippen MR) is 55.2 cm³/mol. The van der Waals surface area contributed by atoms with Crippen molar-refractivity contribution in [3.8, 4) is 0 Å². The molecule has 0 bridgehead atoms. The molecule has 1 fully saturated rings. The van der Waals surface area contributed by atoms with Crippen molar-refractivity contribution in [3.63, 3.8) is 0 Å². The van der Waals surface area contributed by atoms with Gasteiger partial charge in [-0.25, -0.2) is 5.01 Å². The fraction of sp³-hybridized carbons (Fsp3) is 0.0909. The number of nitrogens with zero attached hydrogens (tertiary/aromatic N) is 1. The molecule has 0 saturated carbocycles. The molecule has 0 spiro atoms. The maximum Gasteiger partial charge on any atom is 0.251 e. The van der Waals surface area contributed by atoms with E-state index in [1.54, 1.807) is 0 Å². The average molecular weight is 217 g/mol. The van der Waals surface area contributed by atoms with Gasteiger partial charge in [0, 0.05) is 5.70 Å². The molecule has 1 saturated heterocycles. The van der Waals surface area contributed by atoms with Crippen molar-refractivity contribution in [1.82, 2.24) is 5.43 Å². The van der Waals surface area contributed by atoms with Gasteiger partial charge in [0.1, 0.15) is 0 Å². The van der Waals surface area contributed by atoms with E-state index in [2.05, 4.69) is 12.0 Å². The van der Waals surface area contributed by atoms with Crippen LogP contribution in [-0.2, 0) is 4.79 Å². The number of hydrogen-bond donors (Lipinski definition) is 1. The zero-order valence-electron chi connectivity index (χ0n) is 8.40. The molecule has 82 valence electrons. The number of carbonyl (C=O) groups is 2. The quantitative estimate of drug-likeness (QED) is 0.745. The van der Waals surface area contributed by atoms with E-state index >= 15 is 0 Å². The lowest BCUT2D eigenvalue weighted by Crippen LogP contribution is -2.33. The van der Waals surface area contributed by atoms with Crippen molar-refractivity contribution in [2.45, 2.75) is 6.42 Å². The molecule has 0 unspecified atom stereocenters. The summed E-state index contributed by atoms with van der Waals surface area (Å²) in [6.07, 6.45) is 0.252. The fourth-order valence-electron chi connectivity index (χ4n) is 1.48. The second kappa shape index (κ2) is 3.69. The first-order valence-corrected chi connectivity index (χ1v) is 4.67. The van der Waals surface area contributed by atoms with E-state index < -0.39 is 5.97 Å². The number of carbonyl (C=O) groups excluding carboxylic acids is 2. The minimum atomic E-state index is -1.24. The molecule has 0 radical (unpaired) electrons. The smallest absolute Gasteiger partial charge is 0.251 e. The normalized spacial score (nSPS) is 15.1. The molecule has 5 nitrogen and oxygen atoms in total. The number of carboxylic acids is 1. The number of anilines is 1. The van der Waals surface area contributed by atoms with E-state index in [4.69, 9.17) is 0 Å². The highest BCUT2D eigenvalue weighted by molar-refractivity contribution is 5.97. The molecular weight excluding hydrogens is 208 g/mol. The number of rotatable bonds is 2. The van der Waals surface area contributed by atoms with Crippen LogP contribution in [0.1, 0.15) is 16.8 Å². The van der Waals surface area contributed by atoms with E-state index in [9.17, 15) is 14.7 Å². The molecule has 1 aromatic rings. The molecule has 1 heterocycles. The van der Waals surface area contributed by atoms with Crippen molar-refractivity contribution in [3.05, 3.63) is 42.1 Å². The van der Waals surface area contributed by atoms with Crippen LogP contribution in [0, 0.1) is 0 Å². The maximum atomic E-state index is 11.5. The number of amides is 1. The maximum absolute atomic E-state index is 11.5. The molecule has 2 rings (SSSR count). The zero-order chi connectivity index (χ0) is 11.7. The lowest BCUT2D eigenvalue weighted by atomic mass is 10.2. The third-order valence-corrected chi connectivity index (χ3v) is 2.25. The number of hydrogen-bond acceptors (Lipinski definition) is 4. The summed E-state index contributed by atoms with van der Waals surface area (Å²) in [7, 11) is 0. The van der Waals surface area contributed by atoms with Gasteiger partial charge in [-0.2, -0.15) is 0 Å². The number of nitrogens with one attached hydrogen (secondary N) is 1. The summed E-state index contributed by atoms with van der Waals surface area (Å²) in [5.74, 6) is -1.36. The van der Waals surface area contributed by atoms with Crippen LogP contribution < -0.4 is 15.5 Å². The lowest BCUT2D eigenvalue weighted by Gasteiger charge is -2.16. The highest BCUT2D eigenvalue weighted by Crippen LogP contribution is 2.19. The molecule has 5 heteroatoms. The Balaban J connectivity index is 2.25. The third-order valence-electron chi connectivity index (χ3n) is 2.25. The molecule has 1 aliphatic heterocycles. The Morgan fingerprint density at radius 3 is 2.44 bits per heavy atom. The molecule has 1 N–H and O–H groups in total. The van der Waals surface area contributed by atoms with Crippen LogP contribution in [0.5, 0.6) is 0 Å². The predicted octanol–water partition coefficient (Wildman–Crippen LogP) is -0.195. The van der Waals surface area contributed by atoms with Crippen LogP contribution in [0.3, 0.4) is 0 Å². The van der Waals surface area contributed by atoms with Crippen LogP contribution in [0.15, 0.2) is 36.5 Å². The largest absolute Gasteiger partial charge is 0.545 e. The first kappa shape index (κ1) is 10.2. The zero-order valence-corrected chi connectivity index (χ0v) is 8.40. The Labute approximate surface area is 92.0 Å². The fourth-order valence-corrected chi connectivity index (χ4v) is 1.48. The van der Waals surface area contributed by atoms with Gasteiger partial charge in [-0.05, 0) is 17.7 Å². The topological polar surface area (TPSA) is 72.5 Å². The molecular formula is C11H9N2O3-. The van der Waals surface area contributed by atoms with Gasteiger partial charge in [-0.3, -0.25) is 10.2 Å². The summed E-state index contributed by atoms with van der Waals surface area (Å²) in [5, 5.41) is 11.9. The van der Waals surface area contributed by atoms with Crippen LogP contribution in [0.4, 0.5) is 5.69 Å². The van der Waals surface area contributed by atoms with Crippen molar-refractivity contribution in [2.75, 3.05) is 5.01 Å². The number of carboxylic acid groups (broad SMARTS) is 1. The van der Waals surface area contributed by atoms with Gasteiger partial charge in [0.25, 0.3) is 5.91 Å². The molecule has 0 atom stereocenters. The average Bonchev–Trinajstić information content (AvgIpc) is 2.58. The molecule has 16 heavy (non-hydrogen) atoms. The summed E-state index contributed by atoms with van der Waals surface area (Å²) < 4.78 is 0. The second-order valence-electron chi connectivity index (χ2n) is 3.46. The van der Waals surface area contributed by atoms with Crippen LogP contribution in [0.2, 0.25) is 0 Å². The number of benzene rings is 1. The highest BCUT2D eigenvalue weighted by atomic mass is 16.4. The lowest BCUT2D eigenvalue weighted by molar-refractivity contribution is -0.255. The molecule has 1 aromatic carbocycles. The van der Waals surface area contributed by atoms with Gasteiger partial charge < -0.3 is 9.90 Å². The summed E-state index contributed by atoms with van der Waals surface area (Å²) >= 11 is 0. The van der Waals surface area contributed by atoms with Gasteiger partial charge in [-0.1, -0.05) is 18.7 Å². The van der Waals surface area contributed by atoms with E-state index in [1.165, 1.54) is 29.3 Å². The van der Waals surface area contributed by atoms with Crippen LogP contribution in [-0.4, -0.2) is 11.9 Å². The Bertz CT molecular complexity index is 465. The Hall–Kier alpha value is -2.30. The van der Waals surface area contributed by atoms with Gasteiger partial charge in [0.2, 0.25) is 0 Å². The first-order valence-electron chi connectivity index (χ1n) is 4.67. The molecule has 1 amide bonds. The van der Waals surface area contributed by atoms with E-state index in [0.29, 0.717) is 11.4 Å². The van der Waals surface area contributed by atoms with Crippen molar-refractivity contribution >= 4 is 17.6 Å². The van der Waals surface area contributed by atoms with E-state index in [0.717, 1.165) is 0 Å². The monoisotopic (exact) mass is 217 g/mol. The van der Waals surface area contributed by atoms with E-state index in [-0.39, 0.29) is 17.9 Å². The van der Waals surface area contributed by atoms with Gasteiger partial charge in [0.15, 0.2) is 0 Å². The highest BCUT2D eigenvalue weighted by Gasteiger charge is 2.23. The van der Waals surface area contributed by atoms with Crippen LogP contribution in [0.25, 0.3) is 0 Å². The van der Waals surface area contributed by atoms with Gasteiger partial charge in [0.05, 0.1) is 18.1 Å². The molecule has 0 aliphatic carbocycles. The minimum absolute atomic E-state index is 0.0780. The summed E-state index contributed by atoms with van der Waals surface area (Å²) in [4.78, 5) is 22.0. The van der Waals surface area contributed by atoms with Gasteiger partial charge in [-0.15, -0.1) is 0 Å². The van der Waals surface area contributed by atoms with Gasteiger partial charge >= 0.3 is 0 Å². The Morgan fingerprint density at radius 1 is 1.38 bits per heavy atom. The standard InChI is InChI=1S/C11H10N2O3/c1-7-6-10(14)13(12-7)9-4-2-8(3-5-9)11(15)16/h2-5,12H,1,6H2,(H,15,16)/p-1. The number of hydrazine groups is 1.